The van der Waals surface area contributed by atoms with Crippen LogP contribution in [-0.2, 0) is 6.54 Å². The summed E-state index contributed by atoms with van der Waals surface area (Å²) in [6, 6.07) is 18.2. The van der Waals surface area contributed by atoms with Crippen LogP contribution in [0.4, 0.5) is 5.69 Å². The quantitative estimate of drug-likeness (QED) is 0.549. The second-order valence-corrected chi connectivity index (χ2v) is 7.04. The molecule has 0 radical (unpaired) electrons. The van der Waals surface area contributed by atoms with Crippen LogP contribution in [0.25, 0.3) is 10.9 Å². The van der Waals surface area contributed by atoms with Gasteiger partial charge in [0.2, 0.25) is 0 Å². The molecule has 6 heteroatoms. The van der Waals surface area contributed by atoms with Crippen molar-refractivity contribution in [3.05, 3.63) is 100 Å². The molecule has 150 valence electrons. The molecular formula is C24H21N3O3. The molecular weight excluding hydrogens is 378 g/mol. The molecule has 0 saturated heterocycles. The third kappa shape index (κ3) is 3.93. The van der Waals surface area contributed by atoms with Crippen LogP contribution in [0.3, 0.4) is 0 Å². The normalized spacial score (nSPS) is 10.7. The Morgan fingerprint density at radius 2 is 1.77 bits per heavy atom. The van der Waals surface area contributed by atoms with Crippen molar-refractivity contribution in [3.8, 4) is 5.75 Å². The van der Waals surface area contributed by atoms with E-state index in [1.807, 2.05) is 37.3 Å². The number of anilines is 1. The number of fused-ring (bicyclic) bond motifs is 1. The third-order valence-electron chi connectivity index (χ3n) is 4.97. The Kier molecular flexibility index (Phi) is 5.30. The van der Waals surface area contributed by atoms with Gasteiger partial charge in [0.25, 0.3) is 11.5 Å². The molecule has 2 aromatic carbocycles. The summed E-state index contributed by atoms with van der Waals surface area (Å²) < 4.78 is 5.29. The Hall–Kier alpha value is -3.93. The predicted octanol–water partition coefficient (Wildman–Crippen LogP) is 4.09. The van der Waals surface area contributed by atoms with Gasteiger partial charge >= 0.3 is 0 Å². The Balaban J connectivity index is 1.78. The third-order valence-corrected chi connectivity index (χ3v) is 4.97. The van der Waals surface area contributed by atoms with E-state index in [1.54, 1.807) is 54.7 Å². The number of nitrogens with one attached hydrogen (secondary N) is 1. The van der Waals surface area contributed by atoms with Crippen molar-refractivity contribution >= 4 is 22.5 Å². The molecule has 0 aliphatic rings. The molecule has 4 aromatic rings. The maximum Gasteiger partial charge on any atom is 0.258 e. The van der Waals surface area contributed by atoms with Crippen molar-refractivity contribution in [2.75, 3.05) is 12.0 Å². The summed E-state index contributed by atoms with van der Waals surface area (Å²) in [5.74, 6) is 0.496. The van der Waals surface area contributed by atoms with Gasteiger partial charge in [0.05, 0.1) is 13.7 Å². The maximum absolute atomic E-state index is 13.3. The van der Waals surface area contributed by atoms with E-state index in [9.17, 15) is 9.59 Å². The number of rotatable bonds is 5. The molecule has 4 rings (SSSR count). The van der Waals surface area contributed by atoms with E-state index in [0.29, 0.717) is 28.1 Å². The van der Waals surface area contributed by atoms with Gasteiger partial charge in [-0.05, 0) is 55.5 Å². The van der Waals surface area contributed by atoms with Gasteiger partial charge in [0.1, 0.15) is 5.75 Å². The van der Waals surface area contributed by atoms with E-state index in [2.05, 4.69) is 9.97 Å². The number of hydrogen-bond donors (Lipinski definition) is 1. The van der Waals surface area contributed by atoms with Crippen molar-refractivity contribution in [1.82, 2.24) is 9.97 Å². The Labute approximate surface area is 173 Å². The number of H-pyrrole nitrogens is 1. The molecule has 30 heavy (non-hydrogen) atoms. The van der Waals surface area contributed by atoms with Gasteiger partial charge < -0.3 is 14.6 Å². The van der Waals surface area contributed by atoms with Crippen molar-refractivity contribution < 1.29 is 9.53 Å². The minimum Gasteiger partial charge on any atom is -0.497 e. The largest absolute Gasteiger partial charge is 0.497 e. The van der Waals surface area contributed by atoms with E-state index in [1.165, 1.54) is 0 Å². The number of carbonyl (C=O) groups excluding carboxylic acids is 1. The summed E-state index contributed by atoms with van der Waals surface area (Å²) in [5.41, 5.74) is 3.28. The number of ether oxygens (including phenoxy) is 1. The summed E-state index contributed by atoms with van der Waals surface area (Å²) >= 11 is 0. The number of pyridine rings is 2. The second kappa shape index (κ2) is 8.21. The summed E-state index contributed by atoms with van der Waals surface area (Å²) in [5, 5.41) is 0.837. The number of nitrogens with zero attached hydrogens (tertiary/aromatic N) is 2. The number of amides is 1. The first-order valence-corrected chi connectivity index (χ1v) is 9.53. The average Bonchev–Trinajstić information content (AvgIpc) is 2.78. The number of hydrogen-bond acceptors (Lipinski definition) is 4. The monoisotopic (exact) mass is 399 g/mol. The highest BCUT2D eigenvalue weighted by atomic mass is 16.5. The van der Waals surface area contributed by atoms with Crippen LogP contribution in [0.5, 0.6) is 5.75 Å². The average molecular weight is 399 g/mol. The molecule has 2 heterocycles. The van der Waals surface area contributed by atoms with Crippen LogP contribution in [-0.4, -0.2) is 23.0 Å². The fourth-order valence-electron chi connectivity index (χ4n) is 3.30. The van der Waals surface area contributed by atoms with E-state index >= 15 is 0 Å². The number of carbonyl (C=O) groups is 1. The van der Waals surface area contributed by atoms with Crippen molar-refractivity contribution in [1.29, 1.82) is 0 Å². The highest BCUT2D eigenvalue weighted by molar-refractivity contribution is 6.06. The van der Waals surface area contributed by atoms with Crippen molar-refractivity contribution in [3.63, 3.8) is 0 Å². The smallest absolute Gasteiger partial charge is 0.258 e. The summed E-state index contributed by atoms with van der Waals surface area (Å²) in [4.78, 5) is 34.5. The van der Waals surface area contributed by atoms with Crippen LogP contribution >= 0.6 is 0 Å². The molecule has 0 atom stereocenters. The molecule has 0 aliphatic carbocycles. The van der Waals surface area contributed by atoms with Gasteiger partial charge in [0, 0.05) is 40.1 Å². The summed E-state index contributed by atoms with van der Waals surface area (Å²) in [6.45, 7) is 2.12. The standard InChI is InChI=1S/C24H21N3O3/c1-16-3-5-20(6-4-16)27(24(29)17-9-11-25-12-10-17)15-19-13-18-14-21(30-2)7-8-22(18)26-23(19)28/h3-14H,15H2,1-2H3,(H,26,28). The number of methoxy groups -OCH3 is 1. The summed E-state index contributed by atoms with van der Waals surface area (Å²) in [6.07, 6.45) is 3.16. The van der Waals surface area contributed by atoms with Gasteiger partial charge in [-0.15, -0.1) is 0 Å². The van der Waals surface area contributed by atoms with E-state index in [0.717, 1.165) is 10.9 Å². The molecule has 0 unspecified atom stereocenters. The molecule has 0 aliphatic heterocycles. The molecule has 1 amide bonds. The minimum absolute atomic E-state index is 0.132. The molecule has 0 fully saturated rings. The predicted molar refractivity (Wildman–Crippen MR) is 117 cm³/mol. The number of benzene rings is 2. The van der Waals surface area contributed by atoms with E-state index < -0.39 is 0 Å². The van der Waals surface area contributed by atoms with Crippen LogP contribution in [0.1, 0.15) is 21.5 Å². The highest BCUT2D eigenvalue weighted by Gasteiger charge is 2.20. The fourth-order valence-corrected chi connectivity index (χ4v) is 3.30. The maximum atomic E-state index is 13.3. The minimum atomic E-state index is -0.229. The molecule has 2 aromatic heterocycles. The topological polar surface area (TPSA) is 75.3 Å². The lowest BCUT2D eigenvalue weighted by atomic mass is 10.1. The lowest BCUT2D eigenvalue weighted by molar-refractivity contribution is 0.0985. The van der Waals surface area contributed by atoms with Gasteiger partial charge in [0.15, 0.2) is 0 Å². The van der Waals surface area contributed by atoms with Crippen LogP contribution in [0, 0.1) is 6.92 Å². The zero-order valence-corrected chi connectivity index (χ0v) is 16.8. The highest BCUT2D eigenvalue weighted by Crippen LogP contribution is 2.23. The molecule has 0 saturated carbocycles. The van der Waals surface area contributed by atoms with Gasteiger partial charge in [-0.25, -0.2) is 0 Å². The van der Waals surface area contributed by atoms with Crippen LogP contribution < -0.4 is 15.2 Å². The SMILES string of the molecule is COc1ccc2[nH]c(=O)c(CN(C(=O)c3ccncc3)c3ccc(C)cc3)cc2c1. The van der Waals surface area contributed by atoms with Crippen molar-refractivity contribution in [2.45, 2.75) is 13.5 Å². The Bertz CT molecular complexity index is 1250. The second-order valence-electron chi connectivity index (χ2n) is 7.04. The molecule has 0 spiro atoms. The zero-order valence-electron chi connectivity index (χ0n) is 16.8. The van der Waals surface area contributed by atoms with Crippen LogP contribution in [0.2, 0.25) is 0 Å². The van der Waals surface area contributed by atoms with E-state index in [-0.39, 0.29) is 18.0 Å². The molecule has 6 nitrogen and oxygen atoms in total. The first kappa shape index (κ1) is 19.4. The number of aromatic amines is 1. The lowest BCUT2D eigenvalue weighted by Crippen LogP contribution is -2.32. The first-order valence-electron chi connectivity index (χ1n) is 9.53. The first-order chi connectivity index (χ1) is 14.5. The number of aromatic nitrogens is 2. The molecule has 0 bridgehead atoms. The number of aryl methyl sites for hydroxylation is 1. The fraction of sp³-hybridized carbons (Fsp3) is 0.125. The van der Waals surface area contributed by atoms with Gasteiger partial charge in [-0.2, -0.15) is 0 Å². The Morgan fingerprint density at radius 3 is 2.47 bits per heavy atom. The van der Waals surface area contributed by atoms with Crippen molar-refractivity contribution in [2.24, 2.45) is 0 Å². The van der Waals surface area contributed by atoms with Crippen LogP contribution in [0.15, 0.2) is 77.9 Å². The van der Waals surface area contributed by atoms with Gasteiger partial charge in [-0.1, -0.05) is 17.7 Å². The van der Waals surface area contributed by atoms with E-state index in [4.69, 9.17) is 4.74 Å². The molecule has 1 N–H and O–H groups in total. The zero-order chi connectivity index (χ0) is 21.1. The lowest BCUT2D eigenvalue weighted by Gasteiger charge is -2.23. The van der Waals surface area contributed by atoms with Gasteiger partial charge in [-0.3, -0.25) is 14.6 Å². The Morgan fingerprint density at radius 1 is 1.03 bits per heavy atom. The summed E-state index contributed by atoms with van der Waals surface area (Å²) in [7, 11) is 1.60.